The molecule has 0 bridgehead atoms. The molecule has 0 saturated carbocycles. The highest BCUT2D eigenvalue weighted by molar-refractivity contribution is 6.29. The van der Waals surface area contributed by atoms with Crippen LogP contribution in [0.3, 0.4) is 0 Å². The standard InChI is InChI=1S/C17H20ClN7O5/c18-10-2-3-11(27)25(23-10)5-1-4-19-15-12-16(21-7-20-15)24(8-22-12)17-14(29)13(28)9(6-26)30-17/h2-3,7-9,13-14,17,26,28-29H,1,4-6H2,(H,19,20,21)/t9-,13-,14-,17-/m1/s1. The topological polar surface area (TPSA) is 160 Å². The number of halogens is 1. The van der Waals surface area contributed by atoms with E-state index in [0.29, 0.717) is 36.5 Å². The summed E-state index contributed by atoms with van der Waals surface area (Å²) in [5.74, 6) is 0.469. The minimum absolute atomic E-state index is 0.235. The lowest BCUT2D eigenvalue weighted by molar-refractivity contribution is -0.0511. The third-order valence-electron chi connectivity index (χ3n) is 4.82. The van der Waals surface area contributed by atoms with Crippen molar-refractivity contribution in [2.45, 2.75) is 37.5 Å². The lowest BCUT2D eigenvalue weighted by Crippen LogP contribution is -2.33. The zero-order chi connectivity index (χ0) is 21.3. The van der Waals surface area contributed by atoms with Gasteiger partial charge in [-0.15, -0.1) is 0 Å². The van der Waals surface area contributed by atoms with Crippen LogP contribution < -0.4 is 10.9 Å². The Kier molecular flexibility index (Phi) is 5.92. The van der Waals surface area contributed by atoms with Gasteiger partial charge < -0.3 is 25.4 Å². The summed E-state index contributed by atoms with van der Waals surface area (Å²) in [7, 11) is 0. The molecule has 3 aromatic rings. The predicted molar refractivity (Wildman–Crippen MR) is 105 cm³/mol. The number of hydrogen-bond acceptors (Lipinski definition) is 10. The molecule has 4 atom stereocenters. The summed E-state index contributed by atoms with van der Waals surface area (Å²) in [4.78, 5) is 24.4. The van der Waals surface area contributed by atoms with Crippen LogP contribution in [0.4, 0.5) is 5.82 Å². The van der Waals surface area contributed by atoms with Gasteiger partial charge in [0.2, 0.25) is 0 Å². The number of hydrogen-bond donors (Lipinski definition) is 4. The Balaban J connectivity index is 1.46. The molecule has 0 spiro atoms. The summed E-state index contributed by atoms with van der Waals surface area (Å²) < 4.78 is 8.31. The molecule has 4 rings (SSSR count). The average Bonchev–Trinajstić information content (AvgIpc) is 3.29. The second kappa shape index (κ2) is 8.62. The van der Waals surface area contributed by atoms with Crippen LogP contribution in [0.25, 0.3) is 11.2 Å². The Morgan fingerprint density at radius 2 is 2.03 bits per heavy atom. The molecule has 3 aromatic heterocycles. The summed E-state index contributed by atoms with van der Waals surface area (Å²) >= 11 is 5.81. The minimum atomic E-state index is -1.24. The van der Waals surface area contributed by atoms with E-state index in [9.17, 15) is 20.1 Å². The highest BCUT2D eigenvalue weighted by Gasteiger charge is 2.44. The average molecular weight is 438 g/mol. The van der Waals surface area contributed by atoms with Gasteiger partial charge in [0, 0.05) is 19.2 Å². The van der Waals surface area contributed by atoms with Crippen molar-refractivity contribution in [1.29, 1.82) is 0 Å². The molecule has 1 aliphatic heterocycles. The van der Waals surface area contributed by atoms with E-state index in [0.717, 1.165) is 0 Å². The third-order valence-corrected chi connectivity index (χ3v) is 5.02. The Hall–Kier alpha value is -2.64. The number of imidazole rings is 1. The predicted octanol–water partition coefficient (Wildman–Crippen LogP) is -0.850. The number of aryl methyl sites for hydroxylation is 1. The Bertz CT molecular complexity index is 1090. The van der Waals surface area contributed by atoms with E-state index in [-0.39, 0.29) is 10.7 Å². The first-order chi connectivity index (χ1) is 14.5. The van der Waals surface area contributed by atoms with Crippen LogP contribution in [0, 0.1) is 0 Å². The Morgan fingerprint density at radius 1 is 1.20 bits per heavy atom. The monoisotopic (exact) mass is 437 g/mol. The molecule has 1 saturated heterocycles. The lowest BCUT2D eigenvalue weighted by Gasteiger charge is -2.16. The first-order valence-electron chi connectivity index (χ1n) is 9.27. The molecule has 12 nitrogen and oxygen atoms in total. The van der Waals surface area contributed by atoms with E-state index in [2.05, 4.69) is 25.4 Å². The molecule has 1 aliphatic rings. The van der Waals surface area contributed by atoms with Gasteiger partial charge in [-0.05, 0) is 12.5 Å². The van der Waals surface area contributed by atoms with Crippen molar-refractivity contribution >= 4 is 28.6 Å². The van der Waals surface area contributed by atoms with Crippen LogP contribution >= 0.6 is 11.6 Å². The summed E-state index contributed by atoms with van der Waals surface area (Å²) in [6.45, 7) is 0.429. The van der Waals surface area contributed by atoms with E-state index < -0.39 is 31.1 Å². The van der Waals surface area contributed by atoms with Crippen molar-refractivity contribution < 1.29 is 20.1 Å². The van der Waals surface area contributed by atoms with Crippen LogP contribution in [-0.2, 0) is 11.3 Å². The zero-order valence-corrected chi connectivity index (χ0v) is 16.4. The summed E-state index contributed by atoms with van der Waals surface area (Å²) in [6, 6.07) is 2.81. The second-order valence-electron chi connectivity index (χ2n) is 6.77. The third kappa shape index (κ3) is 3.87. The van der Waals surface area contributed by atoms with E-state index in [1.54, 1.807) is 0 Å². The SMILES string of the molecule is O=c1ccc(Cl)nn1CCCNc1ncnc2c1ncn2[C@@H]1O[C@H](CO)[C@@H](O)[C@H]1O. The van der Waals surface area contributed by atoms with Crippen molar-refractivity contribution in [1.82, 2.24) is 29.3 Å². The fraction of sp³-hybridized carbons (Fsp3) is 0.471. The van der Waals surface area contributed by atoms with E-state index in [1.807, 2.05) is 0 Å². The molecular weight excluding hydrogens is 418 g/mol. The molecule has 30 heavy (non-hydrogen) atoms. The smallest absolute Gasteiger partial charge is 0.266 e. The van der Waals surface area contributed by atoms with Crippen LogP contribution in [0.2, 0.25) is 5.15 Å². The number of aromatic nitrogens is 6. The Morgan fingerprint density at radius 3 is 2.80 bits per heavy atom. The number of anilines is 1. The molecule has 4 N–H and O–H groups in total. The summed E-state index contributed by atoms with van der Waals surface area (Å²) in [6.07, 6.45) is -0.951. The molecule has 13 heteroatoms. The van der Waals surface area contributed by atoms with Gasteiger partial charge in [-0.1, -0.05) is 11.6 Å². The summed E-state index contributed by atoms with van der Waals surface area (Å²) in [5.41, 5.74) is 0.615. The number of nitrogens with one attached hydrogen (secondary N) is 1. The molecule has 0 aromatic carbocycles. The van der Waals surface area contributed by atoms with Gasteiger partial charge >= 0.3 is 0 Å². The highest BCUT2D eigenvalue weighted by atomic mass is 35.5. The largest absolute Gasteiger partial charge is 0.394 e. The first-order valence-corrected chi connectivity index (χ1v) is 9.65. The molecule has 0 radical (unpaired) electrons. The molecule has 0 amide bonds. The molecule has 160 valence electrons. The van der Waals surface area contributed by atoms with Crippen molar-refractivity contribution in [2.75, 3.05) is 18.5 Å². The van der Waals surface area contributed by atoms with Crippen molar-refractivity contribution in [3.05, 3.63) is 40.3 Å². The van der Waals surface area contributed by atoms with Gasteiger partial charge in [-0.3, -0.25) is 9.36 Å². The van der Waals surface area contributed by atoms with Crippen molar-refractivity contribution in [3.63, 3.8) is 0 Å². The van der Waals surface area contributed by atoms with E-state index in [4.69, 9.17) is 16.3 Å². The normalized spacial score (nSPS) is 23.9. The first kappa shape index (κ1) is 20.6. The van der Waals surface area contributed by atoms with Gasteiger partial charge in [0.15, 0.2) is 23.2 Å². The van der Waals surface area contributed by atoms with Gasteiger partial charge in [0.1, 0.15) is 29.8 Å². The van der Waals surface area contributed by atoms with Gasteiger partial charge in [-0.2, -0.15) is 5.10 Å². The van der Waals surface area contributed by atoms with E-state index in [1.165, 1.54) is 34.0 Å². The number of rotatable bonds is 7. The van der Waals surface area contributed by atoms with Gasteiger partial charge in [-0.25, -0.2) is 19.6 Å². The highest BCUT2D eigenvalue weighted by Crippen LogP contribution is 2.32. The molecule has 0 unspecified atom stereocenters. The van der Waals surface area contributed by atoms with Crippen LogP contribution in [0.5, 0.6) is 0 Å². The quantitative estimate of drug-likeness (QED) is 0.343. The maximum atomic E-state index is 11.8. The lowest BCUT2D eigenvalue weighted by atomic mass is 10.1. The molecule has 0 aliphatic carbocycles. The van der Waals surface area contributed by atoms with Crippen molar-refractivity contribution in [2.24, 2.45) is 0 Å². The second-order valence-corrected chi connectivity index (χ2v) is 7.16. The number of ether oxygens (including phenoxy) is 1. The zero-order valence-electron chi connectivity index (χ0n) is 15.7. The molecule has 1 fully saturated rings. The molecular formula is C17H20ClN7O5. The Labute approximate surface area is 174 Å². The van der Waals surface area contributed by atoms with Gasteiger partial charge in [0.05, 0.1) is 12.9 Å². The number of nitrogens with zero attached hydrogens (tertiary/aromatic N) is 6. The number of aliphatic hydroxyl groups is 3. The molecule has 4 heterocycles. The maximum absolute atomic E-state index is 11.8. The minimum Gasteiger partial charge on any atom is -0.394 e. The number of fused-ring (bicyclic) bond motifs is 1. The maximum Gasteiger partial charge on any atom is 0.266 e. The van der Waals surface area contributed by atoms with Crippen LogP contribution in [-0.4, -0.2) is 76.1 Å². The van der Waals surface area contributed by atoms with Crippen molar-refractivity contribution in [3.8, 4) is 0 Å². The van der Waals surface area contributed by atoms with Crippen LogP contribution in [0.1, 0.15) is 12.6 Å². The van der Waals surface area contributed by atoms with E-state index >= 15 is 0 Å². The fourth-order valence-corrected chi connectivity index (χ4v) is 3.45. The number of aliphatic hydroxyl groups excluding tert-OH is 3. The van der Waals surface area contributed by atoms with Crippen LogP contribution in [0.15, 0.2) is 29.6 Å². The summed E-state index contributed by atoms with van der Waals surface area (Å²) in [5, 5.41) is 36.8. The van der Waals surface area contributed by atoms with Gasteiger partial charge in [0.25, 0.3) is 5.56 Å². The fourth-order valence-electron chi connectivity index (χ4n) is 3.30.